The molecule has 45 heavy (non-hydrogen) atoms. The summed E-state index contributed by atoms with van der Waals surface area (Å²) in [5.41, 5.74) is -5.77. The highest BCUT2D eigenvalue weighted by Gasteiger charge is 2.78. The minimum atomic E-state index is -1.54. The van der Waals surface area contributed by atoms with Gasteiger partial charge in [0.25, 0.3) is 0 Å². The SMILES string of the molecule is Cc1cc(=O)oc2c3c(ccc12)S[C@H](C)[C@H](OC(=O)[C@@]12CC[C@@](C)(C(=O)O1)C2(C)C)[C@@H]3OC(=O)[C@@]12CC[C@@](C)(C(=O)O1)C2(C)C. The van der Waals surface area contributed by atoms with Crippen LogP contribution in [-0.2, 0) is 38.1 Å². The summed E-state index contributed by atoms with van der Waals surface area (Å²) in [4.78, 5) is 67.9. The van der Waals surface area contributed by atoms with Crippen LogP contribution in [0.2, 0.25) is 0 Å². The second kappa shape index (κ2) is 8.92. The molecule has 0 radical (unpaired) electrons. The molecule has 240 valence electrons. The molecule has 4 heterocycles. The van der Waals surface area contributed by atoms with Crippen LogP contribution in [0.1, 0.15) is 91.4 Å². The van der Waals surface area contributed by atoms with Crippen LogP contribution in [0.3, 0.4) is 0 Å². The molecule has 1 aromatic carbocycles. The highest BCUT2D eigenvalue weighted by atomic mass is 32.2. The number of esters is 4. The van der Waals surface area contributed by atoms with E-state index in [0.717, 1.165) is 0 Å². The number of fused-ring (bicyclic) bond motifs is 7. The number of thioether (sulfide) groups is 1. The van der Waals surface area contributed by atoms with Gasteiger partial charge in [0.15, 0.2) is 12.2 Å². The number of benzene rings is 1. The summed E-state index contributed by atoms with van der Waals surface area (Å²) in [7, 11) is 0. The zero-order chi connectivity index (χ0) is 32.7. The second-order valence-corrected chi connectivity index (χ2v) is 16.4. The first-order valence-corrected chi connectivity index (χ1v) is 16.4. The Hall–Kier alpha value is -3.34. The monoisotopic (exact) mass is 638 g/mol. The molecule has 1 aromatic heterocycles. The molecule has 0 amide bonds. The molecule has 0 spiro atoms. The van der Waals surface area contributed by atoms with Crippen molar-refractivity contribution in [2.45, 2.75) is 115 Å². The van der Waals surface area contributed by atoms with Gasteiger partial charge in [-0.1, -0.05) is 27.7 Å². The van der Waals surface area contributed by atoms with Gasteiger partial charge < -0.3 is 23.4 Å². The van der Waals surface area contributed by atoms with E-state index in [1.807, 2.05) is 53.7 Å². The van der Waals surface area contributed by atoms with E-state index in [0.29, 0.717) is 40.7 Å². The van der Waals surface area contributed by atoms with Crippen LogP contribution in [0.5, 0.6) is 0 Å². The van der Waals surface area contributed by atoms with Gasteiger partial charge in [0.1, 0.15) is 5.58 Å². The number of carbonyl (C=O) groups excluding carboxylic acids is 4. The zero-order valence-corrected chi connectivity index (χ0v) is 27.6. The first-order valence-electron chi connectivity index (χ1n) is 15.5. The number of hydrogen-bond acceptors (Lipinski definition) is 11. The minimum absolute atomic E-state index is 0.228. The van der Waals surface area contributed by atoms with Crippen molar-refractivity contribution >= 4 is 46.6 Å². The van der Waals surface area contributed by atoms with Crippen LogP contribution in [0.15, 0.2) is 32.3 Å². The third-order valence-electron chi connectivity index (χ3n) is 12.8. The van der Waals surface area contributed by atoms with Crippen molar-refractivity contribution in [3.8, 4) is 0 Å². The molecular formula is C34H38O10S. The fourth-order valence-electron chi connectivity index (χ4n) is 8.55. The Kier molecular flexibility index (Phi) is 6.01. The maximum atomic E-state index is 14.4. The minimum Gasteiger partial charge on any atom is -0.454 e. The third kappa shape index (κ3) is 3.40. The lowest BCUT2D eigenvalue weighted by Crippen LogP contribution is -2.53. The molecule has 2 aliphatic carbocycles. The fourth-order valence-corrected chi connectivity index (χ4v) is 9.77. The molecular weight excluding hydrogens is 600 g/mol. The van der Waals surface area contributed by atoms with Crippen LogP contribution >= 0.6 is 11.8 Å². The third-order valence-corrected chi connectivity index (χ3v) is 14.0. The molecule has 0 unspecified atom stereocenters. The molecule has 7 rings (SSSR count). The van der Waals surface area contributed by atoms with E-state index in [-0.39, 0.29) is 12.0 Å². The number of rotatable bonds is 4. The normalized spacial score (nSPS) is 38.5. The Morgan fingerprint density at radius 3 is 1.84 bits per heavy atom. The largest absolute Gasteiger partial charge is 0.454 e. The van der Waals surface area contributed by atoms with Crippen LogP contribution < -0.4 is 5.63 Å². The van der Waals surface area contributed by atoms with E-state index < -0.39 is 79.8 Å². The Morgan fingerprint density at radius 2 is 1.36 bits per heavy atom. The van der Waals surface area contributed by atoms with Crippen LogP contribution in [0.25, 0.3) is 11.0 Å². The van der Waals surface area contributed by atoms with Crippen molar-refractivity contribution in [2.24, 2.45) is 21.7 Å². The predicted octanol–water partition coefficient (Wildman–Crippen LogP) is 5.34. The summed E-state index contributed by atoms with van der Waals surface area (Å²) >= 11 is 1.40. The van der Waals surface area contributed by atoms with Crippen molar-refractivity contribution in [3.63, 3.8) is 0 Å². The van der Waals surface area contributed by atoms with Gasteiger partial charge in [0.05, 0.1) is 16.4 Å². The highest BCUT2D eigenvalue weighted by molar-refractivity contribution is 8.00. The van der Waals surface area contributed by atoms with Gasteiger partial charge in [-0.15, -0.1) is 11.8 Å². The molecule has 4 bridgehead atoms. The Bertz CT molecular complexity index is 1790. The number of aryl methyl sites for hydroxylation is 1. The first-order chi connectivity index (χ1) is 20.9. The maximum Gasteiger partial charge on any atom is 0.351 e. The van der Waals surface area contributed by atoms with E-state index in [9.17, 15) is 24.0 Å². The quantitative estimate of drug-likeness (QED) is 0.244. The average molecular weight is 639 g/mol. The standard InChI is InChI=1S/C34H38O10S/c1-16-15-20(35)40-23-18(16)9-10-19-21(23)24(42-28(39)34-14-12-32(8,26(37)44-34)30(34,5)6)22(17(2)45-19)41-27(38)33-13-11-31(7,25(36)43-33)29(33,3)4/h9-10,15,17,22,24H,11-14H2,1-8H3/t17-,22+,24-,31+,32+,33-,34-/m1/s1. The van der Waals surface area contributed by atoms with Crippen molar-refractivity contribution in [1.82, 2.24) is 0 Å². The second-order valence-electron chi connectivity index (χ2n) is 15.0. The number of carbonyl (C=O) groups is 4. The van der Waals surface area contributed by atoms with Gasteiger partial charge in [0, 0.05) is 32.4 Å². The molecule has 0 N–H and O–H groups in total. The topological polar surface area (TPSA) is 135 Å². The molecule has 4 fully saturated rings. The van der Waals surface area contributed by atoms with Gasteiger partial charge in [-0.3, -0.25) is 9.59 Å². The molecule has 11 heteroatoms. The van der Waals surface area contributed by atoms with Gasteiger partial charge in [-0.05, 0) is 71.1 Å². The molecule has 2 saturated carbocycles. The molecule has 2 aromatic rings. The Morgan fingerprint density at radius 1 is 0.822 bits per heavy atom. The zero-order valence-electron chi connectivity index (χ0n) is 26.8. The van der Waals surface area contributed by atoms with E-state index in [1.165, 1.54) is 17.8 Å². The van der Waals surface area contributed by atoms with Crippen molar-refractivity contribution < 1.29 is 42.5 Å². The summed E-state index contributed by atoms with van der Waals surface area (Å²) in [6, 6.07) is 5.11. The lowest BCUT2D eigenvalue weighted by atomic mass is 9.66. The Labute approximate surface area is 264 Å². The van der Waals surface area contributed by atoms with Crippen molar-refractivity contribution in [3.05, 3.63) is 39.7 Å². The number of hydrogen-bond donors (Lipinski definition) is 0. The van der Waals surface area contributed by atoms with Gasteiger partial charge in [-0.2, -0.15) is 0 Å². The van der Waals surface area contributed by atoms with Crippen molar-refractivity contribution in [2.75, 3.05) is 0 Å². The van der Waals surface area contributed by atoms with Gasteiger partial charge in [0.2, 0.25) is 11.2 Å². The van der Waals surface area contributed by atoms with Crippen LogP contribution in [0, 0.1) is 28.6 Å². The lowest BCUT2D eigenvalue weighted by Gasteiger charge is -2.41. The Balaban J connectivity index is 1.34. The van der Waals surface area contributed by atoms with Crippen molar-refractivity contribution in [1.29, 1.82) is 0 Å². The summed E-state index contributed by atoms with van der Waals surface area (Å²) in [6.45, 7) is 14.6. The summed E-state index contributed by atoms with van der Waals surface area (Å²) in [6.07, 6.45) is -0.762. The van der Waals surface area contributed by atoms with E-state index in [1.54, 1.807) is 13.8 Å². The summed E-state index contributed by atoms with van der Waals surface area (Å²) in [5.74, 6) is -2.34. The highest BCUT2D eigenvalue weighted by Crippen LogP contribution is 2.67. The summed E-state index contributed by atoms with van der Waals surface area (Å²) in [5, 5.41) is 0.216. The van der Waals surface area contributed by atoms with Gasteiger partial charge >= 0.3 is 29.5 Å². The van der Waals surface area contributed by atoms with E-state index >= 15 is 0 Å². The maximum absolute atomic E-state index is 14.4. The predicted molar refractivity (Wildman–Crippen MR) is 161 cm³/mol. The first kappa shape index (κ1) is 30.3. The lowest BCUT2D eigenvalue weighted by molar-refractivity contribution is -0.202. The van der Waals surface area contributed by atoms with E-state index in [4.69, 9.17) is 23.4 Å². The smallest absolute Gasteiger partial charge is 0.351 e. The molecule has 7 atom stereocenters. The average Bonchev–Trinajstić information content (AvgIpc) is 3.42. The van der Waals surface area contributed by atoms with Crippen LogP contribution in [0.4, 0.5) is 0 Å². The molecule has 3 aliphatic heterocycles. The number of ether oxygens (including phenoxy) is 4. The molecule has 2 saturated heterocycles. The summed E-state index contributed by atoms with van der Waals surface area (Å²) < 4.78 is 30.1. The molecule has 5 aliphatic rings. The van der Waals surface area contributed by atoms with Gasteiger partial charge in [-0.25, -0.2) is 14.4 Å². The van der Waals surface area contributed by atoms with E-state index in [2.05, 4.69) is 0 Å². The molecule has 10 nitrogen and oxygen atoms in total. The fraction of sp³-hybridized carbons (Fsp3) is 0.618. The van der Waals surface area contributed by atoms with Crippen LogP contribution in [-0.4, -0.2) is 46.4 Å².